The van der Waals surface area contributed by atoms with Gasteiger partial charge in [0.2, 0.25) is 0 Å². The van der Waals surface area contributed by atoms with Crippen LogP contribution < -0.4 is 0 Å². The van der Waals surface area contributed by atoms with Gasteiger partial charge in [-0.1, -0.05) is 86.8 Å². The largest absolute Gasteiger partial charge is 0.120 e. The van der Waals surface area contributed by atoms with Crippen LogP contribution in [-0.4, -0.2) is 16.3 Å². The van der Waals surface area contributed by atoms with E-state index in [0.29, 0.717) is 11.2 Å². The Hall–Kier alpha value is 1.28. The molecule has 0 saturated heterocycles. The summed E-state index contributed by atoms with van der Waals surface area (Å²) < 4.78 is 0. The van der Waals surface area contributed by atoms with Gasteiger partial charge in [0.15, 0.2) is 0 Å². The van der Waals surface area contributed by atoms with Crippen molar-refractivity contribution < 1.29 is 0 Å². The molecule has 20 heavy (non-hydrogen) atoms. The molecule has 0 aliphatic heterocycles. The van der Waals surface area contributed by atoms with E-state index in [-0.39, 0.29) is 4.84 Å². The van der Waals surface area contributed by atoms with E-state index in [1.165, 1.54) is 64.2 Å². The maximum atomic E-state index is 6.23. The van der Waals surface area contributed by atoms with E-state index >= 15 is 0 Å². The second-order valence-electron chi connectivity index (χ2n) is 5.52. The Balaban J connectivity index is 4.25. The summed E-state index contributed by atoms with van der Waals surface area (Å²) in [6.07, 6.45) is 15.4. The predicted molar refractivity (Wildman–Crippen MR) is 101 cm³/mol. The van der Waals surface area contributed by atoms with Gasteiger partial charge in [-0.15, -0.1) is 23.2 Å². The van der Waals surface area contributed by atoms with E-state index in [0.717, 1.165) is 0 Å². The minimum atomic E-state index is -0.241. The lowest BCUT2D eigenvalue weighted by Crippen LogP contribution is -2.23. The topological polar surface area (TPSA) is 0 Å². The molecule has 0 aromatic rings. The van der Waals surface area contributed by atoms with Gasteiger partial charge in [0.25, 0.3) is 0 Å². The maximum Gasteiger partial charge on any atom is 0.120 e. The average Bonchev–Trinajstić information content (AvgIpc) is 2.43. The van der Waals surface area contributed by atoms with Gasteiger partial charge in [0.05, 0.1) is 0 Å². The Morgan fingerprint density at radius 3 is 1.65 bits per heavy atom. The molecule has 0 amide bonds. The Labute approximate surface area is 144 Å². The third-order valence-corrected chi connectivity index (χ3v) is 6.93. The van der Waals surface area contributed by atoms with Crippen LogP contribution in [0.5, 0.6) is 0 Å². The van der Waals surface area contributed by atoms with Crippen LogP contribution in [0.3, 0.4) is 0 Å². The van der Waals surface area contributed by atoms with E-state index in [9.17, 15) is 0 Å². The normalized spacial score (nSPS) is 13.3. The lowest BCUT2D eigenvalue weighted by Gasteiger charge is -2.27. The number of halogens is 2. The van der Waals surface area contributed by atoms with Crippen molar-refractivity contribution in [2.45, 2.75) is 88.1 Å². The summed E-state index contributed by atoms with van der Waals surface area (Å²) in [4.78, 5) is -0.241. The van der Waals surface area contributed by atoms with Crippen molar-refractivity contribution in [3.63, 3.8) is 0 Å². The monoisotopic (exact) mass is 358 g/mol. The molecule has 0 bridgehead atoms. The molecule has 0 fully saturated rings. The highest BCUT2D eigenvalue weighted by Crippen LogP contribution is 2.39. The summed E-state index contributed by atoms with van der Waals surface area (Å²) in [5.41, 5.74) is 0. The lowest BCUT2D eigenvalue weighted by atomic mass is 9.92. The van der Waals surface area contributed by atoms with E-state index in [2.05, 4.69) is 20.1 Å². The first-order valence-electron chi connectivity index (χ1n) is 8.14. The minimum Gasteiger partial charge on any atom is -0.104 e. The van der Waals surface area contributed by atoms with Gasteiger partial charge in [-0.05, 0) is 25.0 Å². The SMILES string of the molecule is CCCCCCC(CCCCCC)C(SSC)C(Cl)Cl. The fourth-order valence-electron chi connectivity index (χ4n) is 2.58. The highest BCUT2D eigenvalue weighted by molar-refractivity contribution is 8.76. The number of rotatable bonds is 14. The Kier molecular flexibility index (Phi) is 16.2. The fraction of sp³-hybridized carbons (Fsp3) is 1.00. The second kappa shape index (κ2) is 15.2. The quantitative estimate of drug-likeness (QED) is 0.177. The minimum absolute atomic E-state index is 0.241. The third kappa shape index (κ3) is 10.9. The molecule has 0 aromatic carbocycles. The number of alkyl halides is 2. The zero-order valence-electron chi connectivity index (χ0n) is 13.4. The molecule has 0 aromatic heterocycles. The van der Waals surface area contributed by atoms with Gasteiger partial charge in [-0.2, -0.15) is 0 Å². The van der Waals surface area contributed by atoms with E-state index in [1.54, 1.807) is 10.8 Å². The van der Waals surface area contributed by atoms with Crippen LogP contribution in [0.15, 0.2) is 0 Å². The molecule has 0 heterocycles. The number of unbranched alkanes of at least 4 members (excludes halogenated alkanes) is 6. The molecule has 0 nitrogen and oxygen atoms in total. The molecule has 1 unspecified atom stereocenters. The van der Waals surface area contributed by atoms with Crippen molar-refractivity contribution in [3.8, 4) is 0 Å². The predicted octanol–water partition coefficient (Wildman–Crippen LogP) is 7.73. The molecule has 0 saturated carbocycles. The second-order valence-corrected chi connectivity index (χ2v) is 9.33. The Morgan fingerprint density at radius 1 is 0.800 bits per heavy atom. The average molecular weight is 359 g/mol. The molecule has 4 heteroatoms. The van der Waals surface area contributed by atoms with Gasteiger partial charge in [-0.25, -0.2) is 0 Å². The van der Waals surface area contributed by atoms with Gasteiger partial charge in [0.1, 0.15) is 4.84 Å². The first kappa shape index (κ1) is 21.3. The molecule has 0 spiro atoms. The van der Waals surface area contributed by atoms with E-state index in [4.69, 9.17) is 23.2 Å². The molecular weight excluding hydrogens is 327 g/mol. The highest BCUT2D eigenvalue weighted by Gasteiger charge is 2.27. The van der Waals surface area contributed by atoms with Crippen LogP contribution in [0, 0.1) is 5.92 Å². The van der Waals surface area contributed by atoms with Gasteiger partial charge in [-0.3, -0.25) is 0 Å². The van der Waals surface area contributed by atoms with E-state index < -0.39 is 0 Å². The van der Waals surface area contributed by atoms with Gasteiger partial charge < -0.3 is 0 Å². The summed E-state index contributed by atoms with van der Waals surface area (Å²) in [7, 11) is 3.67. The smallest absolute Gasteiger partial charge is 0.104 e. The molecule has 0 rings (SSSR count). The Morgan fingerprint density at radius 2 is 1.30 bits per heavy atom. The summed E-state index contributed by atoms with van der Waals surface area (Å²) in [5, 5.41) is 0.386. The van der Waals surface area contributed by atoms with Crippen molar-refractivity contribution in [2.24, 2.45) is 5.92 Å². The van der Waals surface area contributed by atoms with Crippen LogP contribution >= 0.6 is 44.8 Å². The van der Waals surface area contributed by atoms with Gasteiger partial charge >= 0.3 is 0 Å². The highest BCUT2D eigenvalue weighted by atomic mass is 35.5. The molecule has 0 aliphatic carbocycles. The molecule has 122 valence electrons. The molecule has 0 aliphatic rings. The van der Waals surface area contributed by atoms with Crippen LogP contribution in [0.4, 0.5) is 0 Å². The standard InChI is InChI=1S/C16H32Cl2S2/c1-4-6-8-10-12-14(13-11-9-7-5-2)15(16(17)18)20-19-3/h14-16H,4-13H2,1-3H3. The van der Waals surface area contributed by atoms with Crippen LogP contribution in [0.1, 0.15) is 78.1 Å². The third-order valence-electron chi connectivity index (χ3n) is 3.78. The number of hydrogen-bond acceptors (Lipinski definition) is 2. The van der Waals surface area contributed by atoms with Crippen LogP contribution in [-0.2, 0) is 0 Å². The summed E-state index contributed by atoms with van der Waals surface area (Å²) >= 11 is 12.5. The lowest BCUT2D eigenvalue weighted by molar-refractivity contribution is 0.401. The van der Waals surface area contributed by atoms with Gasteiger partial charge in [0, 0.05) is 5.25 Å². The van der Waals surface area contributed by atoms with Crippen LogP contribution in [0.25, 0.3) is 0 Å². The molecule has 1 atom stereocenters. The fourth-order valence-corrected chi connectivity index (χ4v) is 5.87. The van der Waals surface area contributed by atoms with Crippen molar-refractivity contribution in [1.29, 1.82) is 0 Å². The zero-order chi connectivity index (χ0) is 15.2. The van der Waals surface area contributed by atoms with Crippen molar-refractivity contribution >= 4 is 44.8 Å². The van der Waals surface area contributed by atoms with E-state index in [1.807, 2.05) is 10.8 Å². The van der Waals surface area contributed by atoms with Crippen molar-refractivity contribution in [3.05, 3.63) is 0 Å². The Bertz CT molecular complexity index is 189. The number of hydrogen-bond donors (Lipinski definition) is 0. The van der Waals surface area contributed by atoms with Crippen molar-refractivity contribution in [1.82, 2.24) is 0 Å². The van der Waals surface area contributed by atoms with Crippen LogP contribution in [0.2, 0.25) is 0 Å². The summed E-state index contributed by atoms with van der Waals surface area (Å²) in [5.74, 6) is 0.682. The molecule has 0 radical (unpaired) electrons. The first-order chi connectivity index (χ1) is 9.67. The summed E-state index contributed by atoms with van der Waals surface area (Å²) in [6, 6.07) is 0. The zero-order valence-corrected chi connectivity index (χ0v) is 16.5. The molecular formula is C16H32Cl2S2. The summed E-state index contributed by atoms with van der Waals surface area (Å²) in [6.45, 7) is 4.53. The maximum absolute atomic E-state index is 6.23. The first-order valence-corrected chi connectivity index (χ1v) is 11.6. The van der Waals surface area contributed by atoms with Crippen molar-refractivity contribution in [2.75, 3.05) is 6.26 Å². The molecule has 0 N–H and O–H groups in total.